The summed E-state index contributed by atoms with van der Waals surface area (Å²) in [6, 6.07) is 2.14. The van der Waals surface area contributed by atoms with Crippen LogP contribution in [0.25, 0.3) is 0 Å². The van der Waals surface area contributed by atoms with Crippen LogP contribution in [-0.2, 0) is 12.8 Å². The molecule has 92 valence electrons. The molecule has 1 aromatic rings. The number of likely N-dealkylation sites (tertiary alicyclic amines) is 1. The van der Waals surface area contributed by atoms with Crippen molar-refractivity contribution in [2.45, 2.75) is 32.6 Å². The molecule has 1 aliphatic heterocycles. The van der Waals surface area contributed by atoms with Crippen molar-refractivity contribution < 1.29 is 0 Å². The average Bonchev–Trinajstić information content (AvgIpc) is 2.77. The first-order chi connectivity index (χ1) is 8.28. The zero-order valence-electron chi connectivity index (χ0n) is 10.4. The molecule has 0 radical (unpaired) electrons. The highest BCUT2D eigenvalue weighted by Crippen LogP contribution is 2.17. The van der Waals surface area contributed by atoms with E-state index in [1.807, 2.05) is 5.38 Å². The lowest BCUT2D eigenvalue weighted by molar-refractivity contribution is 0.194. The van der Waals surface area contributed by atoms with Gasteiger partial charge in [0.2, 0.25) is 0 Å². The molecule has 4 heteroatoms. The monoisotopic (exact) mass is 249 g/mol. The summed E-state index contributed by atoms with van der Waals surface area (Å²) < 4.78 is 0. The van der Waals surface area contributed by atoms with Gasteiger partial charge in [-0.2, -0.15) is 5.26 Å². The van der Waals surface area contributed by atoms with Gasteiger partial charge in [0.25, 0.3) is 0 Å². The summed E-state index contributed by atoms with van der Waals surface area (Å²) in [4.78, 5) is 7.00. The number of nitrogens with zero attached hydrogens (tertiary/aromatic N) is 3. The van der Waals surface area contributed by atoms with E-state index in [-0.39, 0.29) is 0 Å². The van der Waals surface area contributed by atoms with E-state index in [1.54, 1.807) is 11.3 Å². The molecular weight excluding hydrogens is 230 g/mol. The lowest BCUT2D eigenvalue weighted by Crippen LogP contribution is -2.34. The van der Waals surface area contributed by atoms with Gasteiger partial charge in [-0.3, -0.25) is 0 Å². The van der Waals surface area contributed by atoms with Gasteiger partial charge >= 0.3 is 0 Å². The van der Waals surface area contributed by atoms with E-state index < -0.39 is 0 Å². The molecule has 0 saturated carbocycles. The summed E-state index contributed by atoms with van der Waals surface area (Å²) in [5.74, 6) is 0.897. The van der Waals surface area contributed by atoms with Crippen molar-refractivity contribution in [2.24, 2.45) is 5.92 Å². The summed E-state index contributed by atoms with van der Waals surface area (Å²) in [7, 11) is 0. The van der Waals surface area contributed by atoms with Crippen LogP contribution in [0.3, 0.4) is 0 Å². The van der Waals surface area contributed by atoms with Gasteiger partial charge in [0.15, 0.2) is 0 Å². The first-order valence-electron chi connectivity index (χ1n) is 6.30. The van der Waals surface area contributed by atoms with Crippen LogP contribution in [0, 0.1) is 17.2 Å². The topological polar surface area (TPSA) is 39.9 Å². The molecule has 0 amide bonds. The molecule has 0 aromatic carbocycles. The number of nitriles is 1. The van der Waals surface area contributed by atoms with Crippen molar-refractivity contribution in [1.29, 1.82) is 5.26 Å². The highest BCUT2D eigenvalue weighted by atomic mass is 32.1. The smallest absolute Gasteiger partial charge is 0.0941 e. The molecule has 0 spiro atoms. The van der Waals surface area contributed by atoms with Crippen LogP contribution in [0.4, 0.5) is 0 Å². The maximum absolute atomic E-state index is 8.59. The fraction of sp³-hybridized carbons (Fsp3) is 0.692. The van der Waals surface area contributed by atoms with Crippen LogP contribution < -0.4 is 0 Å². The molecule has 1 aromatic heterocycles. The molecule has 1 saturated heterocycles. The molecule has 0 unspecified atom stereocenters. The third kappa shape index (κ3) is 3.79. The Balaban J connectivity index is 1.75. The molecular formula is C13H19N3S. The van der Waals surface area contributed by atoms with Gasteiger partial charge in [-0.15, -0.1) is 11.3 Å². The van der Waals surface area contributed by atoms with Crippen LogP contribution in [0.1, 0.15) is 30.5 Å². The number of hydrogen-bond donors (Lipinski definition) is 0. The van der Waals surface area contributed by atoms with E-state index in [0.29, 0.717) is 6.42 Å². The second-order valence-electron chi connectivity index (χ2n) is 4.84. The zero-order valence-corrected chi connectivity index (χ0v) is 11.2. The van der Waals surface area contributed by atoms with Crippen molar-refractivity contribution in [3.8, 4) is 6.07 Å². The van der Waals surface area contributed by atoms with Crippen LogP contribution in [0.5, 0.6) is 0 Å². The minimum atomic E-state index is 0.442. The average molecular weight is 249 g/mol. The SMILES string of the molecule is CC1CCN(CCc2nc(CC#N)cs2)CC1. The second-order valence-corrected chi connectivity index (χ2v) is 5.78. The van der Waals surface area contributed by atoms with Crippen molar-refractivity contribution >= 4 is 11.3 Å². The Hall–Kier alpha value is -0.920. The van der Waals surface area contributed by atoms with Gasteiger partial charge in [-0.25, -0.2) is 4.98 Å². The van der Waals surface area contributed by atoms with Crippen molar-refractivity contribution in [3.63, 3.8) is 0 Å². The summed E-state index contributed by atoms with van der Waals surface area (Å²) >= 11 is 1.69. The summed E-state index contributed by atoms with van der Waals surface area (Å²) in [6.07, 6.45) is 4.14. The van der Waals surface area contributed by atoms with Gasteiger partial charge in [0.1, 0.15) is 0 Å². The van der Waals surface area contributed by atoms with Crippen molar-refractivity contribution in [1.82, 2.24) is 9.88 Å². The molecule has 1 fully saturated rings. The predicted molar refractivity (Wildman–Crippen MR) is 70.0 cm³/mol. The summed E-state index contributed by atoms with van der Waals surface area (Å²) in [5.41, 5.74) is 0.930. The summed E-state index contributed by atoms with van der Waals surface area (Å²) in [5, 5.41) is 11.8. The van der Waals surface area contributed by atoms with Crippen LogP contribution in [0.15, 0.2) is 5.38 Å². The normalized spacial score (nSPS) is 18.1. The van der Waals surface area contributed by atoms with Crippen molar-refractivity contribution in [3.05, 3.63) is 16.1 Å². The molecule has 3 nitrogen and oxygen atoms in total. The number of piperidine rings is 1. The fourth-order valence-corrected chi connectivity index (χ4v) is 2.95. The fourth-order valence-electron chi connectivity index (χ4n) is 2.17. The number of hydrogen-bond acceptors (Lipinski definition) is 4. The minimum absolute atomic E-state index is 0.442. The molecule has 17 heavy (non-hydrogen) atoms. The highest BCUT2D eigenvalue weighted by Gasteiger charge is 2.15. The van der Waals surface area contributed by atoms with E-state index in [0.717, 1.165) is 24.6 Å². The molecule has 0 aliphatic carbocycles. The first-order valence-corrected chi connectivity index (χ1v) is 7.18. The minimum Gasteiger partial charge on any atom is -0.303 e. The Bertz CT molecular complexity index is 386. The van der Waals surface area contributed by atoms with Gasteiger partial charge in [-0.1, -0.05) is 6.92 Å². The Morgan fingerprint density at radius 3 is 3.00 bits per heavy atom. The van der Waals surface area contributed by atoms with Crippen LogP contribution in [-0.4, -0.2) is 29.5 Å². The highest BCUT2D eigenvalue weighted by molar-refractivity contribution is 7.09. The molecule has 0 atom stereocenters. The Labute approximate surface area is 107 Å². The third-order valence-corrected chi connectivity index (χ3v) is 4.34. The Morgan fingerprint density at radius 1 is 1.53 bits per heavy atom. The standard InChI is InChI=1S/C13H19N3S/c1-11-3-7-16(8-4-11)9-5-13-15-12(2-6-14)10-17-13/h10-11H,2-5,7-9H2,1H3. The molecule has 1 aliphatic rings. The Morgan fingerprint density at radius 2 is 2.29 bits per heavy atom. The van der Waals surface area contributed by atoms with E-state index in [9.17, 15) is 0 Å². The van der Waals surface area contributed by atoms with E-state index >= 15 is 0 Å². The van der Waals surface area contributed by atoms with Crippen LogP contribution >= 0.6 is 11.3 Å². The van der Waals surface area contributed by atoms with E-state index in [4.69, 9.17) is 5.26 Å². The number of rotatable bonds is 4. The molecule has 2 heterocycles. The van der Waals surface area contributed by atoms with Gasteiger partial charge in [-0.05, 0) is 31.8 Å². The zero-order chi connectivity index (χ0) is 12.1. The van der Waals surface area contributed by atoms with Crippen molar-refractivity contribution in [2.75, 3.05) is 19.6 Å². The Kier molecular flexibility index (Phi) is 4.52. The lowest BCUT2D eigenvalue weighted by Gasteiger charge is -2.29. The second kappa shape index (κ2) is 6.13. The quantitative estimate of drug-likeness (QED) is 0.823. The van der Waals surface area contributed by atoms with Gasteiger partial charge in [0.05, 0.1) is 23.2 Å². The molecule has 0 bridgehead atoms. The maximum atomic E-state index is 8.59. The van der Waals surface area contributed by atoms with Gasteiger partial charge in [0, 0.05) is 18.3 Å². The first kappa shape index (κ1) is 12.5. The predicted octanol–water partition coefficient (Wildman–Crippen LogP) is 2.48. The van der Waals surface area contributed by atoms with E-state index in [1.165, 1.54) is 30.9 Å². The summed E-state index contributed by atoms with van der Waals surface area (Å²) in [6.45, 7) is 5.92. The molecule has 2 rings (SSSR count). The largest absolute Gasteiger partial charge is 0.303 e. The number of aromatic nitrogens is 1. The van der Waals surface area contributed by atoms with Gasteiger partial charge < -0.3 is 4.90 Å². The molecule has 0 N–H and O–H groups in total. The van der Waals surface area contributed by atoms with E-state index in [2.05, 4.69) is 22.9 Å². The number of thiazole rings is 1. The lowest BCUT2D eigenvalue weighted by atomic mass is 9.99. The third-order valence-electron chi connectivity index (χ3n) is 3.38. The maximum Gasteiger partial charge on any atom is 0.0941 e. The van der Waals surface area contributed by atoms with Crippen LogP contribution in [0.2, 0.25) is 0 Å².